The van der Waals surface area contributed by atoms with Gasteiger partial charge in [0, 0.05) is 5.69 Å². The minimum absolute atomic E-state index is 0.808. The fourth-order valence-corrected chi connectivity index (χ4v) is 2.45. The molecule has 1 aliphatic carbocycles. The van der Waals surface area contributed by atoms with Crippen molar-refractivity contribution in [3.8, 4) is 0 Å². The van der Waals surface area contributed by atoms with Crippen molar-refractivity contribution in [3.63, 3.8) is 0 Å². The zero-order chi connectivity index (χ0) is 10.1. The molecule has 0 spiro atoms. The molecule has 1 aromatic rings. The molecule has 0 fully saturated rings. The van der Waals surface area contributed by atoms with Crippen LogP contribution >= 0.6 is 0 Å². The molecular formula is C12H20N2. The quantitative estimate of drug-likeness (QED) is 0.767. The Kier molecular flexibility index (Phi) is 2.62. The van der Waals surface area contributed by atoms with Crippen molar-refractivity contribution in [3.05, 3.63) is 17.0 Å². The summed E-state index contributed by atoms with van der Waals surface area (Å²) in [6.45, 7) is 6.86. The van der Waals surface area contributed by atoms with Crippen LogP contribution in [0.25, 0.3) is 0 Å². The van der Waals surface area contributed by atoms with E-state index in [4.69, 9.17) is 0 Å². The highest BCUT2D eigenvalue weighted by atomic mass is 15.1. The van der Waals surface area contributed by atoms with Gasteiger partial charge in [0.1, 0.15) is 0 Å². The van der Waals surface area contributed by atoms with Crippen LogP contribution < -0.4 is 0 Å². The molecule has 0 amide bonds. The molecule has 2 heteroatoms. The maximum absolute atomic E-state index is 4.39. The average molecular weight is 192 g/mol. The molecule has 1 N–H and O–H groups in total. The van der Waals surface area contributed by atoms with Crippen LogP contribution in [0, 0.1) is 11.8 Å². The number of hydrogen-bond acceptors (Lipinski definition) is 1. The Hall–Kier alpha value is -0.790. The van der Waals surface area contributed by atoms with Crippen molar-refractivity contribution >= 4 is 0 Å². The maximum Gasteiger partial charge on any atom is 0.0654 e. The fourth-order valence-electron chi connectivity index (χ4n) is 2.45. The van der Waals surface area contributed by atoms with Crippen LogP contribution in [0.1, 0.15) is 44.1 Å². The Bertz CT molecular complexity index is 299. The van der Waals surface area contributed by atoms with Gasteiger partial charge in [0.25, 0.3) is 0 Å². The minimum Gasteiger partial charge on any atom is -0.282 e. The van der Waals surface area contributed by atoms with E-state index in [1.54, 1.807) is 0 Å². The molecular weight excluding hydrogens is 172 g/mol. The number of aromatic nitrogens is 2. The largest absolute Gasteiger partial charge is 0.282 e. The lowest BCUT2D eigenvalue weighted by molar-refractivity contribution is 0.341. The molecule has 2 nitrogen and oxygen atoms in total. The average Bonchev–Trinajstić information content (AvgIpc) is 2.59. The zero-order valence-corrected chi connectivity index (χ0v) is 9.43. The first-order valence-electron chi connectivity index (χ1n) is 5.77. The number of hydrogen-bond donors (Lipinski definition) is 1. The van der Waals surface area contributed by atoms with E-state index in [1.807, 2.05) is 0 Å². The Balaban J connectivity index is 2.23. The summed E-state index contributed by atoms with van der Waals surface area (Å²) >= 11 is 0. The third-order valence-corrected chi connectivity index (χ3v) is 3.55. The van der Waals surface area contributed by atoms with Gasteiger partial charge in [0.15, 0.2) is 0 Å². The van der Waals surface area contributed by atoms with Crippen LogP contribution in [0.5, 0.6) is 0 Å². The van der Waals surface area contributed by atoms with Gasteiger partial charge >= 0.3 is 0 Å². The fraction of sp³-hybridized carbons (Fsp3) is 0.750. The van der Waals surface area contributed by atoms with Gasteiger partial charge in [-0.05, 0) is 43.1 Å². The summed E-state index contributed by atoms with van der Waals surface area (Å²) in [6.07, 6.45) is 4.84. The highest BCUT2D eigenvalue weighted by molar-refractivity contribution is 5.28. The summed E-state index contributed by atoms with van der Waals surface area (Å²) in [5, 5.41) is 7.57. The zero-order valence-electron chi connectivity index (χ0n) is 9.43. The Morgan fingerprint density at radius 3 is 2.93 bits per heavy atom. The van der Waals surface area contributed by atoms with E-state index in [0.717, 1.165) is 18.3 Å². The van der Waals surface area contributed by atoms with Gasteiger partial charge in [-0.2, -0.15) is 5.10 Å². The lowest BCUT2D eigenvalue weighted by atomic mass is 9.80. The number of fused-ring (bicyclic) bond motifs is 1. The van der Waals surface area contributed by atoms with E-state index in [1.165, 1.54) is 36.2 Å². The van der Waals surface area contributed by atoms with Gasteiger partial charge in [-0.3, -0.25) is 5.10 Å². The van der Waals surface area contributed by atoms with Crippen LogP contribution in [0.2, 0.25) is 0 Å². The van der Waals surface area contributed by atoms with Crippen molar-refractivity contribution in [2.24, 2.45) is 11.8 Å². The summed E-state index contributed by atoms with van der Waals surface area (Å²) in [4.78, 5) is 0. The summed E-state index contributed by atoms with van der Waals surface area (Å²) < 4.78 is 0. The predicted molar refractivity (Wildman–Crippen MR) is 58.3 cm³/mol. The van der Waals surface area contributed by atoms with Gasteiger partial charge in [-0.15, -0.1) is 0 Å². The highest BCUT2D eigenvalue weighted by Crippen LogP contribution is 2.30. The van der Waals surface area contributed by atoms with Crippen molar-refractivity contribution in [2.45, 2.75) is 46.5 Å². The van der Waals surface area contributed by atoms with Crippen molar-refractivity contribution in [1.29, 1.82) is 0 Å². The second-order valence-electron chi connectivity index (χ2n) is 4.73. The molecule has 0 radical (unpaired) electrons. The summed E-state index contributed by atoms with van der Waals surface area (Å²) in [6, 6.07) is 0. The van der Waals surface area contributed by atoms with E-state index in [9.17, 15) is 0 Å². The van der Waals surface area contributed by atoms with E-state index >= 15 is 0 Å². The van der Waals surface area contributed by atoms with Crippen LogP contribution in [0.15, 0.2) is 0 Å². The van der Waals surface area contributed by atoms with Gasteiger partial charge in [-0.1, -0.05) is 20.8 Å². The molecule has 0 aliphatic heterocycles. The monoisotopic (exact) mass is 192 g/mol. The van der Waals surface area contributed by atoms with Crippen LogP contribution in [-0.4, -0.2) is 10.2 Å². The predicted octanol–water partition coefficient (Wildman–Crippen LogP) is 2.73. The molecule has 1 atom stereocenters. The lowest BCUT2D eigenvalue weighted by Crippen LogP contribution is -2.19. The van der Waals surface area contributed by atoms with E-state index < -0.39 is 0 Å². The molecule has 2 rings (SSSR count). The number of aryl methyl sites for hydroxylation is 2. The molecule has 78 valence electrons. The van der Waals surface area contributed by atoms with E-state index in [-0.39, 0.29) is 0 Å². The lowest BCUT2D eigenvalue weighted by Gasteiger charge is -2.25. The third kappa shape index (κ3) is 1.58. The topological polar surface area (TPSA) is 28.7 Å². The molecule has 0 saturated heterocycles. The Labute approximate surface area is 86.1 Å². The molecule has 0 saturated carbocycles. The van der Waals surface area contributed by atoms with Crippen LogP contribution in [-0.2, 0) is 19.3 Å². The SMILES string of the molecule is CCc1n[nH]c2c1CC(C(C)C)CC2. The van der Waals surface area contributed by atoms with Crippen LogP contribution in [0.4, 0.5) is 0 Å². The molecule has 0 bridgehead atoms. The first-order valence-corrected chi connectivity index (χ1v) is 5.77. The second kappa shape index (κ2) is 3.76. The molecule has 0 aromatic carbocycles. The Morgan fingerprint density at radius 1 is 1.50 bits per heavy atom. The smallest absolute Gasteiger partial charge is 0.0654 e. The molecule has 1 heterocycles. The number of aromatic amines is 1. The van der Waals surface area contributed by atoms with Gasteiger partial charge in [0.2, 0.25) is 0 Å². The van der Waals surface area contributed by atoms with E-state index in [0.29, 0.717) is 0 Å². The standard InChI is InChI=1S/C12H20N2/c1-4-11-10-7-9(8(2)3)5-6-12(10)14-13-11/h8-9H,4-7H2,1-3H3,(H,13,14). The minimum atomic E-state index is 0.808. The third-order valence-electron chi connectivity index (χ3n) is 3.55. The Morgan fingerprint density at radius 2 is 2.29 bits per heavy atom. The van der Waals surface area contributed by atoms with Crippen molar-refractivity contribution < 1.29 is 0 Å². The second-order valence-corrected chi connectivity index (χ2v) is 4.73. The van der Waals surface area contributed by atoms with Gasteiger partial charge in [0.05, 0.1) is 5.69 Å². The van der Waals surface area contributed by atoms with Crippen LogP contribution in [0.3, 0.4) is 0 Å². The van der Waals surface area contributed by atoms with Crippen molar-refractivity contribution in [2.75, 3.05) is 0 Å². The van der Waals surface area contributed by atoms with E-state index in [2.05, 4.69) is 31.0 Å². The normalized spacial score (nSPS) is 21.3. The number of rotatable bonds is 2. The number of nitrogens with zero attached hydrogens (tertiary/aromatic N) is 1. The first-order chi connectivity index (χ1) is 6.72. The number of H-pyrrole nitrogens is 1. The molecule has 14 heavy (non-hydrogen) atoms. The van der Waals surface area contributed by atoms with Crippen molar-refractivity contribution in [1.82, 2.24) is 10.2 Å². The number of nitrogens with one attached hydrogen (secondary N) is 1. The molecule has 1 aliphatic rings. The maximum atomic E-state index is 4.39. The van der Waals surface area contributed by atoms with Gasteiger partial charge in [-0.25, -0.2) is 0 Å². The highest BCUT2D eigenvalue weighted by Gasteiger charge is 2.24. The molecule has 1 unspecified atom stereocenters. The summed E-state index contributed by atoms with van der Waals surface area (Å²) in [5.41, 5.74) is 4.22. The first kappa shape index (κ1) is 9.75. The summed E-state index contributed by atoms with van der Waals surface area (Å²) in [5.74, 6) is 1.67. The van der Waals surface area contributed by atoms with Gasteiger partial charge < -0.3 is 0 Å². The summed E-state index contributed by atoms with van der Waals surface area (Å²) in [7, 11) is 0. The molecule has 1 aromatic heterocycles.